The molecule has 0 radical (unpaired) electrons. The van der Waals surface area contributed by atoms with E-state index in [9.17, 15) is 5.11 Å². The van der Waals surface area contributed by atoms with Crippen molar-refractivity contribution in [1.82, 2.24) is 0 Å². The number of benzene rings is 3. The summed E-state index contributed by atoms with van der Waals surface area (Å²) in [5.74, 6) is -1.74. The Bertz CT molecular complexity index is 1590. The summed E-state index contributed by atoms with van der Waals surface area (Å²) < 4.78 is 70.5. The van der Waals surface area contributed by atoms with Crippen LogP contribution in [-0.2, 0) is 65.3 Å². The van der Waals surface area contributed by atoms with Crippen molar-refractivity contribution in [2.24, 2.45) is 0 Å². The van der Waals surface area contributed by atoms with Crippen molar-refractivity contribution in [2.45, 2.75) is 126 Å². The monoisotopic (exact) mass is 720 g/mol. The van der Waals surface area contributed by atoms with E-state index in [2.05, 4.69) is 0 Å². The van der Waals surface area contributed by atoms with Crippen molar-refractivity contribution in [2.75, 3.05) is 13.2 Å². The van der Waals surface area contributed by atoms with Crippen LogP contribution in [0, 0.1) is 0 Å². The van der Waals surface area contributed by atoms with Crippen LogP contribution in [0.2, 0.25) is 0 Å². The summed E-state index contributed by atoms with van der Waals surface area (Å²) in [6.07, 6.45) is -9.02. The van der Waals surface area contributed by atoms with Gasteiger partial charge in [0, 0.05) is 5.56 Å². The number of aliphatic hydroxyl groups excluding tert-OH is 1. The molecule has 5 aliphatic rings. The molecule has 5 heterocycles. The van der Waals surface area contributed by atoms with Gasteiger partial charge < -0.3 is 57.2 Å². The van der Waals surface area contributed by atoms with Crippen molar-refractivity contribution in [3.8, 4) is 0 Å². The van der Waals surface area contributed by atoms with Gasteiger partial charge in [-0.1, -0.05) is 91.0 Å². The Labute approximate surface area is 304 Å². The minimum absolute atomic E-state index is 0.0119. The van der Waals surface area contributed by atoms with E-state index in [1.165, 1.54) is 0 Å². The Morgan fingerprint density at radius 1 is 0.615 bits per heavy atom. The maximum atomic E-state index is 12.2. The fourth-order valence-electron chi connectivity index (χ4n) is 7.60. The molecule has 8 rings (SSSR count). The molecule has 3 aromatic rings. The first-order valence-corrected chi connectivity index (χ1v) is 18.1. The molecule has 0 aliphatic carbocycles. The molecule has 52 heavy (non-hydrogen) atoms. The second-order valence-corrected chi connectivity index (χ2v) is 14.8. The second-order valence-electron chi connectivity index (χ2n) is 14.8. The van der Waals surface area contributed by atoms with Gasteiger partial charge in [0.15, 0.2) is 30.4 Å². The molecular formula is C40H48O12. The first kappa shape index (κ1) is 36.2. The predicted octanol–water partition coefficient (Wildman–Crippen LogP) is 4.77. The Morgan fingerprint density at radius 3 is 1.87 bits per heavy atom. The van der Waals surface area contributed by atoms with E-state index >= 15 is 0 Å². The first-order valence-electron chi connectivity index (χ1n) is 18.1. The molecule has 0 saturated carbocycles. The quantitative estimate of drug-likeness (QED) is 0.311. The van der Waals surface area contributed by atoms with Gasteiger partial charge in [-0.25, -0.2) is 0 Å². The number of rotatable bonds is 10. The number of fused-ring (bicyclic) bond motifs is 4. The SMILES string of the molecule is CC1(C)O[C@H]2[C@@H](O1)[C@@H](COC1O[C@@H]3CO[C@@H](c4ccccc4)O[C@H]3[C@H](OCc3ccccc3)[C@@H](OCc3ccccc3)[C@@H]1O)O[C@@H]1OC(C)(C)O[C@@H]12. The van der Waals surface area contributed by atoms with Crippen molar-refractivity contribution >= 4 is 0 Å². The predicted molar refractivity (Wildman–Crippen MR) is 183 cm³/mol. The summed E-state index contributed by atoms with van der Waals surface area (Å²) >= 11 is 0. The maximum absolute atomic E-state index is 12.2. The van der Waals surface area contributed by atoms with Gasteiger partial charge in [-0.15, -0.1) is 0 Å². The van der Waals surface area contributed by atoms with Crippen LogP contribution in [0.4, 0.5) is 0 Å². The molecule has 1 unspecified atom stereocenters. The molecule has 0 aromatic heterocycles. The molecule has 5 fully saturated rings. The minimum Gasteiger partial charge on any atom is -0.385 e. The Hall–Kier alpha value is -2.82. The molecule has 0 bridgehead atoms. The molecule has 5 saturated heterocycles. The number of hydrogen-bond donors (Lipinski definition) is 1. The second kappa shape index (κ2) is 15.1. The van der Waals surface area contributed by atoms with Gasteiger partial charge in [-0.3, -0.25) is 0 Å². The molecule has 0 amide bonds. The average Bonchev–Trinajstić information content (AvgIpc) is 3.62. The zero-order chi connectivity index (χ0) is 35.9. The molecule has 1 N–H and O–H groups in total. The minimum atomic E-state index is -1.30. The number of aliphatic hydroxyl groups is 1. The number of ether oxygens (including phenoxy) is 11. The van der Waals surface area contributed by atoms with Crippen LogP contribution in [0.5, 0.6) is 0 Å². The van der Waals surface area contributed by atoms with E-state index in [0.29, 0.717) is 0 Å². The molecule has 0 spiro atoms. The van der Waals surface area contributed by atoms with E-state index in [1.54, 1.807) is 0 Å². The Kier molecular flexibility index (Phi) is 10.5. The van der Waals surface area contributed by atoms with Gasteiger partial charge in [0.1, 0.15) is 54.9 Å². The third-order valence-corrected chi connectivity index (χ3v) is 9.95. The molecule has 12 heteroatoms. The van der Waals surface area contributed by atoms with E-state index in [0.717, 1.165) is 16.7 Å². The van der Waals surface area contributed by atoms with Gasteiger partial charge in [-0.05, 0) is 38.8 Å². The molecular weight excluding hydrogens is 672 g/mol. The Morgan fingerprint density at radius 2 is 1.19 bits per heavy atom. The molecule has 5 aliphatic heterocycles. The van der Waals surface area contributed by atoms with E-state index in [4.69, 9.17) is 52.1 Å². The highest BCUT2D eigenvalue weighted by Crippen LogP contribution is 2.44. The zero-order valence-electron chi connectivity index (χ0n) is 29.9. The summed E-state index contributed by atoms with van der Waals surface area (Å²) in [6, 6.07) is 29.3. The van der Waals surface area contributed by atoms with Gasteiger partial charge >= 0.3 is 0 Å². The molecule has 12 atom stereocenters. The molecule has 280 valence electrons. The third kappa shape index (κ3) is 7.85. The van der Waals surface area contributed by atoms with Crippen LogP contribution in [0.1, 0.15) is 50.7 Å². The van der Waals surface area contributed by atoms with Crippen LogP contribution in [-0.4, -0.2) is 97.4 Å². The highest BCUT2D eigenvalue weighted by Gasteiger charge is 2.61. The lowest BCUT2D eigenvalue weighted by Gasteiger charge is -2.40. The molecule has 3 aromatic carbocycles. The van der Waals surface area contributed by atoms with Gasteiger partial charge in [0.05, 0.1) is 26.4 Å². The first-order chi connectivity index (χ1) is 25.1. The summed E-state index contributed by atoms with van der Waals surface area (Å²) in [6.45, 7) is 8.00. The lowest BCUT2D eigenvalue weighted by Crippen LogP contribution is -2.57. The van der Waals surface area contributed by atoms with Gasteiger partial charge in [-0.2, -0.15) is 0 Å². The van der Waals surface area contributed by atoms with Crippen molar-refractivity contribution < 1.29 is 57.2 Å². The summed E-state index contributed by atoms with van der Waals surface area (Å²) in [5, 5.41) is 12.2. The summed E-state index contributed by atoms with van der Waals surface area (Å²) in [5.41, 5.74) is 2.75. The normalized spacial score (nSPS) is 37.8. The molecule has 12 nitrogen and oxygen atoms in total. The van der Waals surface area contributed by atoms with E-state index in [1.807, 2.05) is 119 Å². The third-order valence-electron chi connectivity index (χ3n) is 9.95. The highest BCUT2D eigenvalue weighted by molar-refractivity contribution is 5.18. The van der Waals surface area contributed by atoms with Crippen LogP contribution >= 0.6 is 0 Å². The van der Waals surface area contributed by atoms with Crippen molar-refractivity contribution in [1.29, 1.82) is 0 Å². The van der Waals surface area contributed by atoms with E-state index in [-0.39, 0.29) is 26.4 Å². The summed E-state index contributed by atoms with van der Waals surface area (Å²) in [7, 11) is 0. The van der Waals surface area contributed by atoms with Crippen LogP contribution < -0.4 is 0 Å². The van der Waals surface area contributed by atoms with E-state index < -0.39 is 85.4 Å². The van der Waals surface area contributed by atoms with Crippen molar-refractivity contribution in [3.63, 3.8) is 0 Å². The van der Waals surface area contributed by atoms with Crippen molar-refractivity contribution in [3.05, 3.63) is 108 Å². The average molecular weight is 721 g/mol. The lowest BCUT2D eigenvalue weighted by atomic mass is 9.98. The number of hydrogen-bond acceptors (Lipinski definition) is 12. The largest absolute Gasteiger partial charge is 0.385 e. The van der Waals surface area contributed by atoms with Gasteiger partial charge in [0.25, 0.3) is 0 Å². The van der Waals surface area contributed by atoms with Gasteiger partial charge in [0.2, 0.25) is 0 Å². The van der Waals surface area contributed by atoms with Crippen LogP contribution in [0.3, 0.4) is 0 Å². The highest BCUT2D eigenvalue weighted by atomic mass is 16.9. The van der Waals surface area contributed by atoms with Crippen LogP contribution in [0.25, 0.3) is 0 Å². The zero-order valence-corrected chi connectivity index (χ0v) is 29.9. The standard InChI is InChI=1S/C40H48O12/c1-39(2)49-31-28(47-38-35(34(31)50-39)51-40(3,4)52-38)23-45-37-29(41)32(42-20-24-14-8-5-9-15-24)33(43-21-25-16-10-6-11-17-25)30-27(46-37)22-44-36(48-30)26-18-12-7-13-19-26/h5-19,27-38,41H,20-23H2,1-4H3/t27-,28-,29+,30-,31+,32+,33+,34+,35-,36-,37?,38-/m1/s1. The topological polar surface area (TPSA) is 122 Å². The van der Waals surface area contributed by atoms with Crippen LogP contribution in [0.15, 0.2) is 91.0 Å². The maximum Gasteiger partial charge on any atom is 0.190 e. The smallest absolute Gasteiger partial charge is 0.190 e. The summed E-state index contributed by atoms with van der Waals surface area (Å²) in [4.78, 5) is 0. The fourth-order valence-corrected chi connectivity index (χ4v) is 7.60. The Balaban J connectivity index is 1.07. The fraction of sp³-hybridized carbons (Fsp3) is 0.550. The lowest BCUT2D eigenvalue weighted by molar-refractivity contribution is -0.312.